The summed E-state index contributed by atoms with van der Waals surface area (Å²) in [5.41, 5.74) is -0.917. The molecule has 0 heterocycles. The van der Waals surface area contributed by atoms with Crippen LogP contribution in [0.15, 0.2) is 48.6 Å². The highest BCUT2D eigenvalue weighted by molar-refractivity contribution is 5.73. The zero-order chi connectivity index (χ0) is 31.3. The van der Waals surface area contributed by atoms with Gasteiger partial charge in [-0.1, -0.05) is 24.3 Å². The molecule has 1 aliphatic rings. The zero-order valence-electron chi connectivity index (χ0n) is 23.8. The number of hydrogen-bond acceptors (Lipinski definition) is 9. The highest BCUT2D eigenvalue weighted by atomic mass is 19.4. The Kier molecular flexibility index (Phi) is 14.5. The Bertz CT molecular complexity index is 1040. The fraction of sp³-hybridized carbons (Fsp3) is 0.600. The number of aliphatic hydroxyl groups excluding tert-OH is 4. The van der Waals surface area contributed by atoms with Crippen LogP contribution < -0.4 is 4.74 Å². The molecule has 12 heteroatoms. The van der Waals surface area contributed by atoms with Crippen molar-refractivity contribution in [3.05, 3.63) is 54.1 Å². The first-order valence-electron chi connectivity index (χ1n) is 14.0. The first kappa shape index (κ1) is 35.3. The third-order valence-electron chi connectivity index (χ3n) is 6.77. The first-order chi connectivity index (χ1) is 19.8. The minimum Gasteiger partial charge on any atom is -0.489 e. The molecule has 1 aliphatic carbocycles. The summed E-state index contributed by atoms with van der Waals surface area (Å²) in [4.78, 5) is 24.0. The molecule has 1 aromatic carbocycles. The maximum Gasteiger partial charge on any atom is 0.416 e. The summed E-state index contributed by atoms with van der Waals surface area (Å²) in [5.74, 6) is -3.45. The van der Waals surface area contributed by atoms with Crippen molar-refractivity contribution in [1.82, 2.24) is 0 Å². The lowest BCUT2D eigenvalue weighted by Crippen LogP contribution is -2.31. The predicted octanol–water partition coefficient (Wildman–Crippen LogP) is 3.58. The molecule has 9 nitrogen and oxygen atoms in total. The Morgan fingerprint density at radius 2 is 1.79 bits per heavy atom. The van der Waals surface area contributed by atoms with Gasteiger partial charge in [-0.2, -0.15) is 13.2 Å². The van der Waals surface area contributed by atoms with Gasteiger partial charge in [-0.05, 0) is 63.3 Å². The largest absolute Gasteiger partial charge is 0.489 e. The van der Waals surface area contributed by atoms with Gasteiger partial charge in [-0.3, -0.25) is 9.59 Å². The van der Waals surface area contributed by atoms with Crippen LogP contribution in [0.3, 0.4) is 0 Å². The summed E-state index contributed by atoms with van der Waals surface area (Å²) < 4.78 is 55.1. The third-order valence-corrected chi connectivity index (χ3v) is 6.77. The molecule has 0 aromatic heterocycles. The molecule has 1 fully saturated rings. The Morgan fingerprint density at radius 1 is 1.07 bits per heavy atom. The van der Waals surface area contributed by atoms with Crippen LogP contribution in [0.25, 0.3) is 0 Å². The number of carbonyl (C=O) groups excluding carboxylic acids is 2. The average Bonchev–Trinajstić information content (AvgIpc) is 3.19. The summed E-state index contributed by atoms with van der Waals surface area (Å²) in [6.07, 6.45) is 1.19. The van der Waals surface area contributed by atoms with Crippen LogP contribution in [0, 0.1) is 17.8 Å². The maximum absolute atomic E-state index is 13.1. The van der Waals surface area contributed by atoms with E-state index in [0.29, 0.717) is 19.3 Å². The topological polar surface area (TPSA) is 143 Å². The molecule has 1 saturated carbocycles. The van der Waals surface area contributed by atoms with E-state index < -0.39 is 61.1 Å². The van der Waals surface area contributed by atoms with Crippen molar-refractivity contribution in [2.45, 2.75) is 76.5 Å². The van der Waals surface area contributed by atoms with Gasteiger partial charge in [0.2, 0.25) is 0 Å². The Hall–Kier alpha value is -2.93. The monoisotopic (exact) mass is 602 g/mol. The molecule has 236 valence electrons. The standard InChI is InChI=1S/C30H41F3O9/c1-19(2)41-28(38)11-6-4-3-5-10-24-25(27(37)15-26(24)36)13-12-23(42-29(39)20(16-34)17-35)18-40-22-9-7-8-21(14-22)30(31,32)33/h3,5,7-9,12-14,19-20,23-27,34-37H,4,6,10-11,15-18H2,1-2H3/t23-,24-,25-,26+,27-/m1/s1. The molecule has 2 rings (SSSR count). The first-order valence-corrected chi connectivity index (χ1v) is 14.0. The number of hydrogen-bond donors (Lipinski definition) is 4. The molecule has 0 saturated heterocycles. The summed E-state index contributed by atoms with van der Waals surface area (Å²) in [6, 6.07) is 4.18. The number of rotatable bonds is 16. The molecular weight excluding hydrogens is 561 g/mol. The lowest BCUT2D eigenvalue weighted by molar-refractivity contribution is -0.156. The second kappa shape index (κ2) is 17.3. The van der Waals surface area contributed by atoms with Crippen LogP contribution in [0.1, 0.15) is 51.5 Å². The molecular formula is C30H41F3O9. The molecule has 42 heavy (non-hydrogen) atoms. The number of allylic oxidation sites excluding steroid dienone is 2. The SMILES string of the molecule is CC(C)OC(=O)CCCC=CC[C@@H]1[C@@H](C=C[C@H](COc2cccc(C(F)(F)F)c2)OC(=O)C(CO)CO)[C@H](O)C[C@@H]1O. The second-order valence-corrected chi connectivity index (χ2v) is 10.5. The van der Waals surface area contributed by atoms with Gasteiger partial charge < -0.3 is 34.6 Å². The fourth-order valence-electron chi connectivity index (χ4n) is 4.54. The van der Waals surface area contributed by atoms with E-state index in [1.807, 2.05) is 12.2 Å². The molecule has 0 bridgehead atoms. The molecule has 0 spiro atoms. The summed E-state index contributed by atoms with van der Waals surface area (Å²) in [7, 11) is 0. The van der Waals surface area contributed by atoms with E-state index in [4.69, 9.17) is 14.2 Å². The van der Waals surface area contributed by atoms with E-state index in [1.54, 1.807) is 19.9 Å². The van der Waals surface area contributed by atoms with Gasteiger partial charge in [0.25, 0.3) is 0 Å². The summed E-state index contributed by atoms with van der Waals surface area (Å²) >= 11 is 0. The van der Waals surface area contributed by atoms with Crippen LogP contribution in [0.4, 0.5) is 13.2 Å². The van der Waals surface area contributed by atoms with Gasteiger partial charge >= 0.3 is 18.1 Å². The van der Waals surface area contributed by atoms with E-state index in [2.05, 4.69) is 0 Å². The predicted molar refractivity (Wildman–Crippen MR) is 146 cm³/mol. The number of aliphatic hydroxyl groups is 4. The van der Waals surface area contributed by atoms with Crippen LogP contribution in [0.5, 0.6) is 5.75 Å². The van der Waals surface area contributed by atoms with Crippen LogP contribution in [0.2, 0.25) is 0 Å². The van der Waals surface area contributed by atoms with Crippen molar-refractivity contribution >= 4 is 11.9 Å². The van der Waals surface area contributed by atoms with Crippen LogP contribution in [-0.2, 0) is 25.2 Å². The normalized spacial score (nSPS) is 21.9. The number of ether oxygens (including phenoxy) is 3. The molecule has 1 aromatic rings. The number of unbranched alkanes of at least 4 members (excludes halogenated alkanes) is 1. The van der Waals surface area contributed by atoms with Gasteiger partial charge in [0.05, 0.1) is 37.1 Å². The lowest BCUT2D eigenvalue weighted by atomic mass is 9.89. The molecule has 0 aliphatic heterocycles. The molecule has 0 unspecified atom stereocenters. The molecule has 0 amide bonds. The fourth-order valence-corrected chi connectivity index (χ4v) is 4.54. The van der Waals surface area contributed by atoms with Gasteiger partial charge in [-0.25, -0.2) is 0 Å². The zero-order valence-corrected chi connectivity index (χ0v) is 23.8. The van der Waals surface area contributed by atoms with Crippen molar-refractivity contribution in [1.29, 1.82) is 0 Å². The number of esters is 2. The van der Waals surface area contributed by atoms with E-state index >= 15 is 0 Å². The average molecular weight is 603 g/mol. The van der Waals surface area contributed by atoms with Crippen molar-refractivity contribution in [3.8, 4) is 5.75 Å². The number of carbonyl (C=O) groups is 2. The molecule has 0 radical (unpaired) electrons. The van der Waals surface area contributed by atoms with Gasteiger partial charge in [-0.15, -0.1) is 0 Å². The third kappa shape index (κ3) is 11.7. The molecule has 4 N–H and O–H groups in total. The van der Waals surface area contributed by atoms with Crippen LogP contribution >= 0.6 is 0 Å². The van der Waals surface area contributed by atoms with E-state index in [1.165, 1.54) is 18.2 Å². The smallest absolute Gasteiger partial charge is 0.416 e. The van der Waals surface area contributed by atoms with Gasteiger partial charge in [0, 0.05) is 18.8 Å². The van der Waals surface area contributed by atoms with Crippen molar-refractivity contribution < 1.29 is 57.4 Å². The van der Waals surface area contributed by atoms with Gasteiger partial charge in [0.1, 0.15) is 18.3 Å². The Balaban J connectivity index is 2.08. The highest BCUT2D eigenvalue weighted by Gasteiger charge is 2.39. The molecule has 5 atom stereocenters. The minimum atomic E-state index is -4.58. The Labute approximate surface area is 243 Å². The van der Waals surface area contributed by atoms with Crippen molar-refractivity contribution in [3.63, 3.8) is 0 Å². The van der Waals surface area contributed by atoms with E-state index in [-0.39, 0.29) is 43.2 Å². The maximum atomic E-state index is 13.1. The van der Waals surface area contributed by atoms with E-state index in [9.17, 15) is 43.2 Å². The van der Waals surface area contributed by atoms with E-state index in [0.717, 1.165) is 12.1 Å². The minimum absolute atomic E-state index is 0.114. The highest BCUT2D eigenvalue weighted by Crippen LogP contribution is 2.36. The van der Waals surface area contributed by atoms with Crippen molar-refractivity contribution in [2.24, 2.45) is 17.8 Å². The van der Waals surface area contributed by atoms with Crippen LogP contribution in [-0.4, -0.2) is 76.6 Å². The quantitative estimate of drug-likeness (QED) is 0.127. The number of halogens is 3. The number of benzene rings is 1. The lowest BCUT2D eigenvalue weighted by Gasteiger charge is -2.22. The summed E-state index contributed by atoms with van der Waals surface area (Å²) in [6.45, 7) is 1.81. The number of alkyl halides is 3. The van der Waals surface area contributed by atoms with Crippen molar-refractivity contribution in [2.75, 3.05) is 19.8 Å². The Morgan fingerprint density at radius 3 is 2.43 bits per heavy atom. The second-order valence-electron chi connectivity index (χ2n) is 10.5. The van der Waals surface area contributed by atoms with Gasteiger partial charge in [0.15, 0.2) is 6.10 Å². The summed E-state index contributed by atoms with van der Waals surface area (Å²) in [5, 5.41) is 39.7.